The number of nitrogens with zero attached hydrogens (tertiary/aromatic N) is 1. The van der Waals surface area contributed by atoms with Crippen molar-refractivity contribution < 1.29 is 4.79 Å². The molecule has 0 amide bonds. The topological polar surface area (TPSA) is 56.0 Å². The molecule has 0 fully saturated rings. The summed E-state index contributed by atoms with van der Waals surface area (Å²) in [6.45, 7) is 0. The molecule has 0 saturated heterocycles. The third-order valence-electron chi connectivity index (χ3n) is 2.75. The number of carbonyl (C=O) groups excluding carboxylic acids is 1. The van der Waals surface area contributed by atoms with Crippen LogP contribution in [0.2, 0.25) is 10.0 Å². The number of benzene rings is 1. The second-order valence-corrected chi connectivity index (χ2v) is 4.95. The summed E-state index contributed by atoms with van der Waals surface area (Å²) in [6.07, 6.45) is 2.00. The van der Waals surface area contributed by atoms with Crippen molar-refractivity contribution in [2.24, 2.45) is 0 Å². The molecule has 0 aliphatic rings. The van der Waals surface area contributed by atoms with Gasteiger partial charge in [0.25, 0.3) is 0 Å². The van der Waals surface area contributed by atoms with Gasteiger partial charge in [0.05, 0.1) is 0 Å². The molecule has 1 heterocycles. The number of ketones is 1. The summed E-state index contributed by atoms with van der Waals surface area (Å²) in [4.78, 5) is 16.0. The Bertz CT molecular complexity index is 594. The largest absolute Gasteiger partial charge is 0.383 e. The van der Waals surface area contributed by atoms with Gasteiger partial charge in [-0.3, -0.25) is 4.79 Å². The second-order valence-electron chi connectivity index (χ2n) is 4.14. The summed E-state index contributed by atoms with van der Waals surface area (Å²) >= 11 is 12.1. The number of halogens is 2. The SMILES string of the molecule is Nc1ncccc1CC(=O)Cc1c(Cl)cccc1Cl. The van der Waals surface area contributed by atoms with Gasteiger partial charge in [-0.2, -0.15) is 0 Å². The Morgan fingerprint density at radius 2 is 1.79 bits per heavy atom. The zero-order chi connectivity index (χ0) is 13.8. The van der Waals surface area contributed by atoms with E-state index in [4.69, 9.17) is 28.9 Å². The molecule has 0 aliphatic carbocycles. The zero-order valence-electron chi connectivity index (χ0n) is 10.1. The van der Waals surface area contributed by atoms with Gasteiger partial charge in [-0.1, -0.05) is 35.3 Å². The maximum atomic E-state index is 12.0. The highest BCUT2D eigenvalue weighted by molar-refractivity contribution is 6.36. The molecule has 2 aromatic rings. The van der Waals surface area contributed by atoms with Crippen LogP contribution in [0.15, 0.2) is 36.5 Å². The van der Waals surface area contributed by atoms with E-state index in [1.165, 1.54) is 0 Å². The molecule has 5 heteroatoms. The van der Waals surface area contributed by atoms with Crippen LogP contribution in [0, 0.1) is 0 Å². The van der Waals surface area contributed by atoms with Gasteiger partial charge in [0.2, 0.25) is 0 Å². The monoisotopic (exact) mass is 294 g/mol. The fourth-order valence-corrected chi connectivity index (χ4v) is 2.30. The number of pyridine rings is 1. The standard InChI is InChI=1S/C14H12Cl2N2O/c15-12-4-1-5-13(16)11(12)8-10(19)7-9-3-2-6-18-14(9)17/h1-6H,7-8H2,(H2,17,18). The average molecular weight is 295 g/mol. The molecule has 1 aromatic heterocycles. The zero-order valence-corrected chi connectivity index (χ0v) is 11.6. The Morgan fingerprint density at radius 3 is 2.42 bits per heavy atom. The summed E-state index contributed by atoms with van der Waals surface area (Å²) in [5.41, 5.74) is 7.08. The van der Waals surface area contributed by atoms with Crippen LogP contribution in [0.25, 0.3) is 0 Å². The Kier molecular flexibility index (Phi) is 4.40. The van der Waals surface area contributed by atoms with Crippen LogP contribution in [0.5, 0.6) is 0 Å². The number of anilines is 1. The Morgan fingerprint density at radius 1 is 1.11 bits per heavy atom. The van der Waals surface area contributed by atoms with E-state index in [0.717, 1.165) is 5.56 Å². The summed E-state index contributed by atoms with van der Waals surface area (Å²) in [5, 5.41) is 1.00. The van der Waals surface area contributed by atoms with Gasteiger partial charge in [-0.25, -0.2) is 4.98 Å². The lowest BCUT2D eigenvalue weighted by Gasteiger charge is -2.07. The first kappa shape index (κ1) is 13.8. The number of carbonyl (C=O) groups is 1. The molecule has 0 atom stereocenters. The predicted molar refractivity (Wildman–Crippen MR) is 77.5 cm³/mol. The number of nitrogens with two attached hydrogens (primary N) is 1. The minimum absolute atomic E-state index is 0.00491. The number of hydrogen-bond acceptors (Lipinski definition) is 3. The van der Waals surface area contributed by atoms with Crippen molar-refractivity contribution >= 4 is 34.8 Å². The van der Waals surface area contributed by atoms with Crippen LogP contribution in [0.3, 0.4) is 0 Å². The quantitative estimate of drug-likeness (QED) is 0.941. The normalized spacial score (nSPS) is 10.4. The molecule has 19 heavy (non-hydrogen) atoms. The summed E-state index contributed by atoms with van der Waals surface area (Å²) in [6, 6.07) is 8.72. The number of hydrogen-bond donors (Lipinski definition) is 1. The van der Waals surface area contributed by atoms with Gasteiger partial charge >= 0.3 is 0 Å². The van der Waals surface area contributed by atoms with Crippen LogP contribution >= 0.6 is 23.2 Å². The fourth-order valence-electron chi connectivity index (χ4n) is 1.77. The highest BCUT2D eigenvalue weighted by Crippen LogP contribution is 2.25. The number of nitrogen functional groups attached to an aromatic ring is 1. The van der Waals surface area contributed by atoms with E-state index in [2.05, 4.69) is 4.98 Å². The molecule has 98 valence electrons. The molecule has 0 unspecified atom stereocenters. The van der Waals surface area contributed by atoms with E-state index in [-0.39, 0.29) is 18.6 Å². The smallest absolute Gasteiger partial charge is 0.141 e. The molecule has 0 radical (unpaired) electrons. The number of rotatable bonds is 4. The molecular formula is C14H12Cl2N2O. The van der Waals surface area contributed by atoms with Crippen molar-refractivity contribution in [2.45, 2.75) is 12.8 Å². The molecule has 2 rings (SSSR count). The van der Waals surface area contributed by atoms with Gasteiger partial charge < -0.3 is 5.73 Å². The van der Waals surface area contributed by atoms with Gasteiger partial charge in [-0.05, 0) is 23.8 Å². The first-order valence-electron chi connectivity index (χ1n) is 5.72. The van der Waals surface area contributed by atoms with E-state index in [1.54, 1.807) is 36.5 Å². The molecule has 1 aromatic carbocycles. The molecule has 0 spiro atoms. The van der Waals surface area contributed by atoms with Crippen LogP contribution in [-0.4, -0.2) is 10.8 Å². The van der Waals surface area contributed by atoms with E-state index in [0.29, 0.717) is 21.4 Å². The minimum Gasteiger partial charge on any atom is -0.383 e. The van der Waals surface area contributed by atoms with Crippen molar-refractivity contribution in [2.75, 3.05) is 5.73 Å². The summed E-state index contributed by atoms with van der Waals surface area (Å²) < 4.78 is 0. The van der Waals surface area contributed by atoms with Crippen LogP contribution in [0.4, 0.5) is 5.82 Å². The van der Waals surface area contributed by atoms with E-state index >= 15 is 0 Å². The van der Waals surface area contributed by atoms with Crippen molar-refractivity contribution in [3.05, 3.63) is 57.7 Å². The Balaban J connectivity index is 2.12. The fraction of sp³-hybridized carbons (Fsp3) is 0.143. The second kappa shape index (κ2) is 6.04. The van der Waals surface area contributed by atoms with Crippen LogP contribution in [-0.2, 0) is 17.6 Å². The predicted octanol–water partition coefficient (Wildman–Crippen LogP) is 3.32. The van der Waals surface area contributed by atoms with E-state index < -0.39 is 0 Å². The summed E-state index contributed by atoms with van der Waals surface area (Å²) in [7, 11) is 0. The minimum atomic E-state index is -0.00491. The molecule has 2 N–H and O–H groups in total. The van der Waals surface area contributed by atoms with Gasteiger partial charge in [0.1, 0.15) is 11.6 Å². The lowest BCUT2D eigenvalue weighted by Crippen LogP contribution is -2.09. The lowest BCUT2D eigenvalue weighted by molar-refractivity contribution is -0.117. The van der Waals surface area contributed by atoms with Gasteiger partial charge in [0, 0.05) is 34.6 Å². The maximum Gasteiger partial charge on any atom is 0.141 e. The average Bonchev–Trinajstić information content (AvgIpc) is 2.37. The van der Waals surface area contributed by atoms with E-state index in [9.17, 15) is 4.79 Å². The molecule has 0 bridgehead atoms. The van der Waals surface area contributed by atoms with Gasteiger partial charge in [0.15, 0.2) is 0 Å². The third kappa shape index (κ3) is 3.46. The van der Waals surface area contributed by atoms with Crippen molar-refractivity contribution in [1.29, 1.82) is 0 Å². The number of Topliss-reactive ketones (excluding diaryl/α,β-unsaturated/α-hetero) is 1. The van der Waals surface area contributed by atoms with Crippen molar-refractivity contribution in [1.82, 2.24) is 4.98 Å². The number of aromatic nitrogens is 1. The lowest BCUT2D eigenvalue weighted by atomic mass is 10.0. The van der Waals surface area contributed by atoms with Crippen molar-refractivity contribution in [3.8, 4) is 0 Å². The summed E-state index contributed by atoms with van der Waals surface area (Å²) in [5.74, 6) is 0.371. The van der Waals surface area contributed by atoms with Gasteiger partial charge in [-0.15, -0.1) is 0 Å². The Hall–Kier alpha value is -1.58. The Labute approximate surface area is 121 Å². The molecule has 0 aliphatic heterocycles. The highest BCUT2D eigenvalue weighted by atomic mass is 35.5. The third-order valence-corrected chi connectivity index (χ3v) is 3.46. The van der Waals surface area contributed by atoms with Crippen LogP contribution in [0.1, 0.15) is 11.1 Å². The van der Waals surface area contributed by atoms with Crippen LogP contribution < -0.4 is 5.73 Å². The van der Waals surface area contributed by atoms with E-state index in [1.807, 2.05) is 0 Å². The first-order chi connectivity index (χ1) is 9.08. The maximum absolute atomic E-state index is 12.0. The first-order valence-corrected chi connectivity index (χ1v) is 6.47. The van der Waals surface area contributed by atoms with Crippen molar-refractivity contribution in [3.63, 3.8) is 0 Å². The molecule has 3 nitrogen and oxygen atoms in total. The molecular weight excluding hydrogens is 283 g/mol. The highest BCUT2D eigenvalue weighted by Gasteiger charge is 2.12. The molecule has 0 saturated carbocycles.